The maximum Gasteiger partial charge on any atom is 0.131 e. The lowest BCUT2D eigenvalue weighted by Crippen LogP contribution is -2.19. The Kier molecular flexibility index (Phi) is 7.24. The van der Waals surface area contributed by atoms with E-state index < -0.39 is 0 Å². The van der Waals surface area contributed by atoms with E-state index in [1.165, 1.54) is 18.9 Å². The molecule has 2 heterocycles. The summed E-state index contributed by atoms with van der Waals surface area (Å²) in [5.74, 6) is -0.219. The van der Waals surface area contributed by atoms with E-state index in [0.717, 1.165) is 26.8 Å². The lowest BCUT2D eigenvalue weighted by Gasteiger charge is -2.09. The molecular formula is C20H20BrClFN3S. The highest BCUT2D eigenvalue weighted by Crippen LogP contribution is 2.35. The van der Waals surface area contributed by atoms with Crippen molar-refractivity contribution in [1.29, 1.82) is 0 Å². The van der Waals surface area contributed by atoms with Gasteiger partial charge in [0.25, 0.3) is 0 Å². The summed E-state index contributed by atoms with van der Waals surface area (Å²) in [6, 6.07) is 8.91. The minimum absolute atomic E-state index is 0.219. The van der Waals surface area contributed by atoms with Gasteiger partial charge in [-0.25, -0.2) is 9.37 Å². The average molecular weight is 469 g/mol. The molecule has 0 amide bonds. The first-order valence-corrected chi connectivity index (χ1v) is 10.7. The standard InChI is InChI=1S/C14H9BrClFN2S.C6H11N/c15-9-7-20-14-11(5-12(16)19-13(9)14)18-6-8-3-1-2-4-10(8)17;7-6-4-2-1-3-5-6/h1-5,7H,6H2,(H,18,19);1-2,6H,3-5,7H2. The van der Waals surface area contributed by atoms with Gasteiger partial charge in [0, 0.05) is 29.6 Å². The van der Waals surface area contributed by atoms with Crippen LogP contribution in [0.15, 0.2) is 52.3 Å². The van der Waals surface area contributed by atoms with Gasteiger partial charge in [-0.3, -0.25) is 0 Å². The van der Waals surface area contributed by atoms with E-state index in [9.17, 15) is 4.39 Å². The highest BCUT2D eigenvalue weighted by atomic mass is 79.9. The molecule has 0 bridgehead atoms. The third-order valence-electron chi connectivity index (χ3n) is 4.18. The number of hydrogen-bond donors (Lipinski definition) is 2. The van der Waals surface area contributed by atoms with Gasteiger partial charge in [0.05, 0.1) is 20.4 Å². The van der Waals surface area contributed by atoms with E-state index in [-0.39, 0.29) is 5.82 Å². The van der Waals surface area contributed by atoms with E-state index in [1.54, 1.807) is 29.5 Å². The normalized spacial score (nSPS) is 16.1. The van der Waals surface area contributed by atoms with Crippen molar-refractivity contribution in [2.45, 2.75) is 31.8 Å². The predicted octanol–water partition coefficient (Wildman–Crippen LogP) is 6.52. The molecule has 1 aliphatic rings. The molecule has 0 saturated carbocycles. The van der Waals surface area contributed by atoms with E-state index in [4.69, 9.17) is 17.3 Å². The number of nitrogens with zero attached hydrogens (tertiary/aromatic N) is 1. The van der Waals surface area contributed by atoms with Crippen molar-refractivity contribution in [3.05, 3.63) is 68.9 Å². The smallest absolute Gasteiger partial charge is 0.131 e. The minimum atomic E-state index is -0.219. The van der Waals surface area contributed by atoms with Crippen LogP contribution in [0.2, 0.25) is 5.15 Å². The van der Waals surface area contributed by atoms with Crippen LogP contribution in [0.3, 0.4) is 0 Å². The number of nitrogens with one attached hydrogen (secondary N) is 1. The summed E-state index contributed by atoms with van der Waals surface area (Å²) in [7, 11) is 0. The molecule has 4 rings (SSSR count). The summed E-state index contributed by atoms with van der Waals surface area (Å²) in [4.78, 5) is 4.28. The van der Waals surface area contributed by atoms with Gasteiger partial charge in [-0.05, 0) is 41.3 Å². The lowest BCUT2D eigenvalue weighted by atomic mass is 10.0. The Morgan fingerprint density at radius 2 is 2.15 bits per heavy atom. The van der Waals surface area contributed by atoms with Crippen molar-refractivity contribution in [2.24, 2.45) is 5.73 Å². The van der Waals surface area contributed by atoms with Gasteiger partial charge in [-0.2, -0.15) is 0 Å². The summed E-state index contributed by atoms with van der Waals surface area (Å²) in [5.41, 5.74) is 7.88. The van der Waals surface area contributed by atoms with Gasteiger partial charge in [-0.1, -0.05) is 42.0 Å². The molecule has 0 radical (unpaired) electrons. The number of thiophene rings is 1. The maximum absolute atomic E-state index is 13.6. The third-order valence-corrected chi connectivity index (χ3v) is 6.29. The van der Waals surface area contributed by atoms with Crippen molar-refractivity contribution in [3.8, 4) is 0 Å². The van der Waals surface area contributed by atoms with Crippen LogP contribution in [-0.2, 0) is 6.54 Å². The second-order valence-electron chi connectivity index (χ2n) is 6.24. The SMILES string of the molecule is Fc1ccccc1CNc1cc(Cl)nc2c(Br)csc12.NC1CC=CCC1. The number of hydrogen-bond acceptors (Lipinski definition) is 4. The summed E-state index contributed by atoms with van der Waals surface area (Å²) < 4.78 is 15.5. The van der Waals surface area contributed by atoms with E-state index in [2.05, 4.69) is 38.4 Å². The Hall–Kier alpha value is -1.47. The monoisotopic (exact) mass is 467 g/mol. The number of rotatable bonds is 3. The molecule has 3 N–H and O–H groups in total. The van der Waals surface area contributed by atoms with E-state index >= 15 is 0 Å². The molecule has 7 heteroatoms. The van der Waals surface area contributed by atoms with Gasteiger partial charge in [0.2, 0.25) is 0 Å². The number of allylic oxidation sites excluding steroid dienone is 1. The van der Waals surface area contributed by atoms with Crippen molar-refractivity contribution in [2.75, 3.05) is 5.32 Å². The van der Waals surface area contributed by atoms with E-state index in [0.29, 0.717) is 23.3 Å². The lowest BCUT2D eigenvalue weighted by molar-refractivity contribution is 0.606. The Morgan fingerprint density at radius 3 is 2.81 bits per heavy atom. The molecule has 0 fully saturated rings. The second-order valence-corrected chi connectivity index (χ2v) is 8.36. The Bertz CT molecular complexity index is 944. The molecule has 1 aliphatic carbocycles. The first kappa shape index (κ1) is 20.3. The molecule has 1 atom stereocenters. The number of pyridine rings is 1. The van der Waals surface area contributed by atoms with Crippen molar-refractivity contribution < 1.29 is 4.39 Å². The van der Waals surface area contributed by atoms with Crippen LogP contribution in [0.25, 0.3) is 10.2 Å². The van der Waals surface area contributed by atoms with E-state index in [1.807, 2.05) is 11.4 Å². The molecule has 0 saturated heterocycles. The molecule has 3 nitrogen and oxygen atoms in total. The first-order chi connectivity index (χ1) is 13.0. The number of anilines is 1. The second kappa shape index (κ2) is 9.64. The van der Waals surface area contributed by atoms with Gasteiger partial charge in [-0.15, -0.1) is 11.3 Å². The zero-order valence-corrected chi connectivity index (χ0v) is 17.7. The summed E-state index contributed by atoms with van der Waals surface area (Å²) >= 11 is 11.0. The third kappa shape index (κ3) is 5.51. The molecule has 2 aromatic heterocycles. The fourth-order valence-corrected chi connectivity index (χ4v) is 4.48. The van der Waals surface area contributed by atoms with Crippen LogP contribution in [0.4, 0.5) is 10.1 Å². The fraction of sp³-hybridized carbons (Fsp3) is 0.250. The Labute approximate surface area is 175 Å². The number of aromatic nitrogens is 1. The number of benzene rings is 1. The molecular weight excluding hydrogens is 449 g/mol. The van der Waals surface area contributed by atoms with Crippen LogP contribution >= 0.6 is 38.9 Å². The number of halogens is 3. The molecule has 1 aromatic carbocycles. The van der Waals surface area contributed by atoms with Crippen LogP contribution in [0.1, 0.15) is 24.8 Å². The summed E-state index contributed by atoms with van der Waals surface area (Å²) in [6.45, 7) is 0.400. The summed E-state index contributed by atoms with van der Waals surface area (Å²) in [6.07, 6.45) is 7.80. The van der Waals surface area contributed by atoms with Crippen LogP contribution in [-0.4, -0.2) is 11.0 Å². The zero-order valence-electron chi connectivity index (χ0n) is 14.6. The van der Waals surface area contributed by atoms with Crippen molar-refractivity contribution in [3.63, 3.8) is 0 Å². The fourth-order valence-electron chi connectivity index (χ4n) is 2.73. The zero-order chi connectivity index (χ0) is 19.2. The van der Waals surface area contributed by atoms with Crippen molar-refractivity contribution in [1.82, 2.24) is 4.98 Å². The summed E-state index contributed by atoms with van der Waals surface area (Å²) in [5, 5.41) is 5.59. The van der Waals surface area contributed by atoms with Gasteiger partial charge in [0.15, 0.2) is 0 Å². The molecule has 0 aliphatic heterocycles. The molecule has 1 unspecified atom stereocenters. The van der Waals surface area contributed by atoms with Crippen LogP contribution in [0.5, 0.6) is 0 Å². The van der Waals surface area contributed by atoms with Gasteiger partial charge >= 0.3 is 0 Å². The Morgan fingerprint density at radius 1 is 1.33 bits per heavy atom. The molecule has 0 spiro atoms. The highest BCUT2D eigenvalue weighted by molar-refractivity contribution is 9.10. The average Bonchev–Trinajstić information content (AvgIpc) is 3.03. The first-order valence-electron chi connectivity index (χ1n) is 8.65. The topological polar surface area (TPSA) is 50.9 Å². The molecule has 3 aromatic rings. The van der Waals surface area contributed by atoms with Crippen LogP contribution in [0, 0.1) is 5.82 Å². The quantitative estimate of drug-likeness (QED) is 0.340. The van der Waals surface area contributed by atoms with Crippen molar-refractivity contribution >= 4 is 54.8 Å². The Balaban J connectivity index is 0.000000253. The minimum Gasteiger partial charge on any atom is -0.380 e. The van der Waals surface area contributed by atoms with Gasteiger partial charge < -0.3 is 11.1 Å². The maximum atomic E-state index is 13.6. The highest BCUT2D eigenvalue weighted by Gasteiger charge is 2.10. The largest absolute Gasteiger partial charge is 0.380 e. The molecule has 27 heavy (non-hydrogen) atoms. The van der Waals surface area contributed by atoms with Crippen LogP contribution < -0.4 is 11.1 Å². The number of fused-ring (bicyclic) bond motifs is 1. The predicted molar refractivity (Wildman–Crippen MR) is 117 cm³/mol. The number of nitrogens with two attached hydrogens (primary N) is 1. The molecule has 142 valence electrons. The van der Waals surface area contributed by atoms with Gasteiger partial charge in [0.1, 0.15) is 11.0 Å².